The highest BCUT2D eigenvalue weighted by Gasteiger charge is 2.31. The SMILES string of the molecule is CCOc1ccccc1C(=O)N1CCN(C(C)C(=O)NC2CC2)CC1. The van der Waals surface area contributed by atoms with Gasteiger partial charge in [-0.1, -0.05) is 12.1 Å². The number of carbonyl (C=O) groups excluding carboxylic acids is 2. The van der Waals surface area contributed by atoms with Gasteiger partial charge in [-0.15, -0.1) is 0 Å². The summed E-state index contributed by atoms with van der Waals surface area (Å²) in [4.78, 5) is 29.0. The molecule has 1 aromatic rings. The van der Waals surface area contributed by atoms with Crippen molar-refractivity contribution < 1.29 is 14.3 Å². The van der Waals surface area contributed by atoms with Crippen LogP contribution in [0.4, 0.5) is 0 Å². The zero-order chi connectivity index (χ0) is 17.8. The summed E-state index contributed by atoms with van der Waals surface area (Å²) in [5, 5.41) is 3.05. The molecule has 136 valence electrons. The topological polar surface area (TPSA) is 61.9 Å². The monoisotopic (exact) mass is 345 g/mol. The number of piperazine rings is 1. The summed E-state index contributed by atoms with van der Waals surface area (Å²) in [5.74, 6) is 0.734. The molecule has 1 aliphatic carbocycles. The fourth-order valence-corrected chi connectivity index (χ4v) is 3.12. The molecular formula is C19H27N3O3. The van der Waals surface area contributed by atoms with Crippen molar-refractivity contribution in [2.75, 3.05) is 32.8 Å². The molecule has 1 unspecified atom stereocenters. The number of para-hydroxylation sites is 1. The molecule has 1 aromatic carbocycles. The minimum Gasteiger partial charge on any atom is -0.493 e. The van der Waals surface area contributed by atoms with Gasteiger partial charge >= 0.3 is 0 Å². The number of hydrogen-bond acceptors (Lipinski definition) is 4. The average Bonchev–Trinajstić information content (AvgIpc) is 3.45. The number of hydrogen-bond donors (Lipinski definition) is 1. The highest BCUT2D eigenvalue weighted by Crippen LogP contribution is 2.22. The van der Waals surface area contributed by atoms with E-state index in [1.165, 1.54) is 0 Å². The zero-order valence-electron chi connectivity index (χ0n) is 15.0. The van der Waals surface area contributed by atoms with Crippen LogP contribution in [0.3, 0.4) is 0 Å². The fraction of sp³-hybridized carbons (Fsp3) is 0.579. The molecule has 1 N–H and O–H groups in total. The van der Waals surface area contributed by atoms with Crippen molar-refractivity contribution in [1.29, 1.82) is 0 Å². The minimum absolute atomic E-state index is 0.00112. The summed E-state index contributed by atoms with van der Waals surface area (Å²) in [6.07, 6.45) is 2.19. The van der Waals surface area contributed by atoms with E-state index in [-0.39, 0.29) is 17.9 Å². The Hall–Kier alpha value is -2.08. The van der Waals surface area contributed by atoms with Gasteiger partial charge in [0.25, 0.3) is 5.91 Å². The number of benzene rings is 1. The Morgan fingerprint density at radius 3 is 2.52 bits per heavy atom. The third-order valence-corrected chi connectivity index (χ3v) is 4.87. The highest BCUT2D eigenvalue weighted by atomic mass is 16.5. The lowest BCUT2D eigenvalue weighted by Crippen LogP contribution is -2.55. The van der Waals surface area contributed by atoms with E-state index in [1.807, 2.05) is 43.0 Å². The maximum Gasteiger partial charge on any atom is 0.257 e. The quantitative estimate of drug-likeness (QED) is 0.849. The van der Waals surface area contributed by atoms with Gasteiger partial charge in [-0.2, -0.15) is 0 Å². The van der Waals surface area contributed by atoms with Crippen molar-refractivity contribution in [3.05, 3.63) is 29.8 Å². The van der Waals surface area contributed by atoms with Gasteiger partial charge in [0.05, 0.1) is 18.2 Å². The molecule has 0 spiro atoms. The molecule has 1 saturated carbocycles. The van der Waals surface area contributed by atoms with Crippen LogP contribution in [0.25, 0.3) is 0 Å². The highest BCUT2D eigenvalue weighted by molar-refractivity contribution is 5.97. The van der Waals surface area contributed by atoms with E-state index >= 15 is 0 Å². The van der Waals surface area contributed by atoms with Crippen LogP contribution in [0.2, 0.25) is 0 Å². The molecule has 2 fully saturated rings. The molecule has 25 heavy (non-hydrogen) atoms. The maximum absolute atomic E-state index is 12.8. The van der Waals surface area contributed by atoms with Crippen LogP contribution in [-0.4, -0.2) is 66.5 Å². The Morgan fingerprint density at radius 1 is 1.20 bits per heavy atom. The second kappa shape index (κ2) is 7.87. The normalized spacial score (nSPS) is 19.4. The molecule has 3 rings (SSSR count). The lowest BCUT2D eigenvalue weighted by Gasteiger charge is -2.37. The first kappa shape index (κ1) is 17.7. The zero-order valence-corrected chi connectivity index (χ0v) is 15.0. The van der Waals surface area contributed by atoms with Crippen LogP contribution in [0.15, 0.2) is 24.3 Å². The first-order valence-corrected chi connectivity index (χ1v) is 9.15. The number of rotatable bonds is 6. The molecule has 1 saturated heterocycles. The molecule has 2 amide bonds. The minimum atomic E-state index is -0.145. The largest absolute Gasteiger partial charge is 0.493 e. The van der Waals surface area contributed by atoms with Gasteiger partial charge in [-0.25, -0.2) is 0 Å². The van der Waals surface area contributed by atoms with Gasteiger partial charge in [0.15, 0.2) is 0 Å². The first-order chi connectivity index (χ1) is 12.1. The molecule has 0 aromatic heterocycles. The predicted octanol–water partition coefficient (Wildman–Crippen LogP) is 1.51. The number of nitrogens with one attached hydrogen (secondary N) is 1. The van der Waals surface area contributed by atoms with E-state index in [0.29, 0.717) is 50.1 Å². The molecule has 6 nitrogen and oxygen atoms in total. The van der Waals surface area contributed by atoms with E-state index in [9.17, 15) is 9.59 Å². The lowest BCUT2D eigenvalue weighted by molar-refractivity contribution is -0.126. The van der Waals surface area contributed by atoms with Crippen LogP contribution in [0, 0.1) is 0 Å². The molecular weight excluding hydrogens is 318 g/mol. The standard InChI is InChI=1S/C19H27N3O3/c1-3-25-17-7-5-4-6-16(17)19(24)22-12-10-21(11-13-22)14(2)18(23)20-15-8-9-15/h4-7,14-15H,3,8-13H2,1-2H3,(H,20,23). The van der Waals surface area contributed by atoms with E-state index in [0.717, 1.165) is 12.8 Å². The average molecular weight is 345 g/mol. The Balaban J connectivity index is 1.56. The summed E-state index contributed by atoms with van der Waals surface area (Å²) >= 11 is 0. The number of amides is 2. The van der Waals surface area contributed by atoms with Crippen molar-refractivity contribution in [3.63, 3.8) is 0 Å². The van der Waals surface area contributed by atoms with E-state index in [1.54, 1.807) is 0 Å². The van der Waals surface area contributed by atoms with Crippen molar-refractivity contribution >= 4 is 11.8 Å². The van der Waals surface area contributed by atoms with Crippen LogP contribution in [-0.2, 0) is 4.79 Å². The third-order valence-electron chi connectivity index (χ3n) is 4.87. The Morgan fingerprint density at radius 2 is 1.88 bits per heavy atom. The summed E-state index contributed by atoms with van der Waals surface area (Å²) in [6, 6.07) is 7.61. The molecule has 1 aliphatic heterocycles. The summed E-state index contributed by atoms with van der Waals surface area (Å²) in [7, 11) is 0. The van der Waals surface area contributed by atoms with Crippen LogP contribution < -0.4 is 10.1 Å². The van der Waals surface area contributed by atoms with Crippen molar-refractivity contribution in [1.82, 2.24) is 15.1 Å². The number of nitrogens with zero attached hydrogens (tertiary/aromatic N) is 2. The van der Waals surface area contributed by atoms with E-state index < -0.39 is 0 Å². The Kier molecular flexibility index (Phi) is 5.58. The van der Waals surface area contributed by atoms with E-state index in [2.05, 4.69) is 10.2 Å². The van der Waals surface area contributed by atoms with Crippen LogP contribution >= 0.6 is 0 Å². The lowest BCUT2D eigenvalue weighted by atomic mass is 10.1. The molecule has 2 aliphatic rings. The van der Waals surface area contributed by atoms with Gasteiger partial charge in [0.1, 0.15) is 5.75 Å². The fourth-order valence-electron chi connectivity index (χ4n) is 3.12. The van der Waals surface area contributed by atoms with Crippen molar-refractivity contribution in [2.24, 2.45) is 0 Å². The van der Waals surface area contributed by atoms with Gasteiger partial charge in [-0.3, -0.25) is 14.5 Å². The van der Waals surface area contributed by atoms with E-state index in [4.69, 9.17) is 4.74 Å². The van der Waals surface area contributed by atoms with Gasteiger partial charge in [-0.05, 0) is 38.8 Å². The van der Waals surface area contributed by atoms with Gasteiger partial charge < -0.3 is 15.0 Å². The van der Waals surface area contributed by atoms with Crippen molar-refractivity contribution in [2.45, 2.75) is 38.8 Å². The first-order valence-electron chi connectivity index (χ1n) is 9.15. The maximum atomic E-state index is 12.8. The number of carbonyl (C=O) groups is 2. The molecule has 0 bridgehead atoms. The third kappa shape index (κ3) is 4.31. The number of ether oxygens (including phenoxy) is 1. The van der Waals surface area contributed by atoms with Crippen LogP contribution in [0.1, 0.15) is 37.0 Å². The second-order valence-electron chi connectivity index (χ2n) is 6.72. The summed E-state index contributed by atoms with van der Waals surface area (Å²) in [5.41, 5.74) is 0.609. The Labute approximate surface area is 149 Å². The molecule has 0 radical (unpaired) electrons. The Bertz CT molecular complexity index is 622. The van der Waals surface area contributed by atoms with Crippen molar-refractivity contribution in [3.8, 4) is 5.75 Å². The van der Waals surface area contributed by atoms with Crippen LogP contribution in [0.5, 0.6) is 5.75 Å². The molecule has 6 heteroatoms. The summed E-state index contributed by atoms with van der Waals surface area (Å²) in [6.45, 7) is 7.06. The van der Waals surface area contributed by atoms with Gasteiger partial charge in [0.2, 0.25) is 5.91 Å². The van der Waals surface area contributed by atoms with Gasteiger partial charge in [0, 0.05) is 32.2 Å². The molecule has 1 heterocycles. The molecule has 1 atom stereocenters. The summed E-state index contributed by atoms with van der Waals surface area (Å²) < 4.78 is 5.57. The second-order valence-corrected chi connectivity index (χ2v) is 6.72. The predicted molar refractivity (Wildman–Crippen MR) is 95.7 cm³/mol. The smallest absolute Gasteiger partial charge is 0.257 e.